The molecule has 20 heavy (non-hydrogen) atoms. The van der Waals surface area contributed by atoms with E-state index in [0.29, 0.717) is 17.0 Å². The van der Waals surface area contributed by atoms with Crippen LogP contribution in [-0.4, -0.2) is 25.5 Å². The molecule has 0 fully saturated rings. The first-order valence-electron chi connectivity index (χ1n) is 5.87. The summed E-state index contributed by atoms with van der Waals surface area (Å²) >= 11 is 3.41. The summed E-state index contributed by atoms with van der Waals surface area (Å²) in [6.45, 7) is 1.89. The number of carbonyl (C=O) groups excluding carboxylic acids is 1. The first-order valence-corrected chi connectivity index (χ1v) is 6.66. The summed E-state index contributed by atoms with van der Waals surface area (Å²) in [6, 6.07) is 5.50. The Morgan fingerprint density at radius 2 is 2.25 bits per heavy atom. The lowest BCUT2D eigenvalue weighted by molar-refractivity contribution is 0.102. The van der Waals surface area contributed by atoms with E-state index in [-0.39, 0.29) is 5.91 Å². The van der Waals surface area contributed by atoms with Gasteiger partial charge in [-0.2, -0.15) is 0 Å². The quantitative estimate of drug-likeness (QED) is 0.782. The molecule has 2 aromatic heterocycles. The molecule has 0 radical (unpaired) electrons. The van der Waals surface area contributed by atoms with Crippen LogP contribution in [0.4, 0.5) is 5.69 Å². The van der Waals surface area contributed by atoms with Gasteiger partial charge >= 0.3 is 0 Å². The Morgan fingerprint density at radius 1 is 1.40 bits per heavy atom. The summed E-state index contributed by atoms with van der Waals surface area (Å²) in [5.74, 6) is 0.305. The van der Waals surface area contributed by atoms with E-state index in [1.807, 2.05) is 19.1 Å². The predicted octanol–water partition coefficient (Wildman–Crippen LogP) is 2.45. The lowest BCUT2D eigenvalue weighted by atomic mass is 10.1. The van der Waals surface area contributed by atoms with Crippen molar-refractivity contribution in [3.8, 4) is 0 Å². The first-order chi connectivity index (χ1) is 9.65. The van der Waals surface area contributed by atoms with Crippen LogP contribution < -0.4 is 5.32 Å². The van der Waals surface area contributed by atoms with Crippen LogP contribution in [0.15, 0.2) is 41.4 Å². The van der Waals surface area contributed by atoms with E-state index in [4.69, 9.17) is 0 Å². The number of anilines is 1. The summed E-state index contributed by atoms with van der Waals surface area (Å²) < 4.78 is 2.54. The average Bonchev–Trinajstić information content (AvgIpc) is 2.89. The minimum Gasteiger partial charge on any atom is -0.319 e. The molecule has 3 rings (SSSR count). The molecule has 1 N–H and O–H groups in total. The fourth-order valence-corrected chi connectivity index (χ4v) is 2.21. The van der Waals surface area contributed by atoms with E-state index in [1.165, 1.54) is 6.33 Å². The molecule has 100 valence electrons. The Bertz CT molecular complexity index is 798. The van der Waals surface area contributed by atoms with Crippen LogP contribution in [0.3, 0.4) is 0 Å². The summed E-state index contributed by atoms with van der Waals surface area (Å²) in [5.41, 5.74) is 2.09. The first kappa shape index (κ1) is 12.7. The lowest BCUT2D eigenvalue weighted by Gasteiger charge is -2.08. The molecule has 3 aromatic rings. The normalized spacial score (nSPS) is 10.7. The summed E-state index contributed by atoms with van der Waals surface area (Å²) in [5, 5.41) is 10.4. The van der Waals surface area contributed by atoms with Gasteiger partial charge in [-0.25, -0.2) is 4.98 Å². The van der Waals surface area contributed by atoms with Crippen molar-refractivity contribution in [1.82, 2.24) is 19.6 Å². The van der Waals surface area contributed by atoms with Gasteiger partial charge in [0.1, 0.15) is 6.33 Å². The van der Waals surface area contributed by atoms with Gasteiger partial charge in [0.05, 0.1) is 11.9 Å². The summed E-state index contributed by atoms with van der Waals surface area (Å²) in [4.78, 5) is 16.4. The molecule has 1 aromatic carbocycles. The number of amides is 1. The van der Waals surface area contributed by atoms with Gasteiger partial charge in [-0.1, -0.05) is 22.0 Å². The highest BCUT2D eigenvalue weighted by Crippen LogP contribution is 2.20. The molecule has 2 heterocycles. The van der Waals surface area contributed by atoms with Crippen molar-refractivity contribution in [3.05, 3.63) is 52.5 Å². The highest BCUT2D eigenvalue weighted by atomic mass is 79.9. The van der Waals surface area contributed by atoms with Crippen molar-refractivity contribution in [2.75, 3.05) is 5.32 Å². The standard InChI is InChI=1S/C13H10BrN5O/c1-8-10(3-2-4-11(8)14)12(20)17-9-5-15-13-18-16-7-19(13)6-9/h2-7H,1H3,(H,17,20). The molecule has 0 unspecified atom stereocenters. The minimum absolute atomic E-state index is 0.182. The van der Waals surface area contributed by atoms with Crippen molar-refractivity contribution in [2.24, 2.45) is 0 Å². The van der Waals surface area contributed by atoms with E-state index >= 15 is 0 Å². The molecule has 0 bridgehead atoms. The maximum Gasteiger partial charge on any atom is 0.256 e. The van der Waals surface area contributed by atoms with Gasteiger partial charge in [-0.05, 0) is 24.6 Å². The third-order valence-corrected chi connectivity index (χ3v) is 3.78. The molecule has 0 saturated carbocycles. The number of carbonyl (C=O) groups is 1. The highest BCUT2D eigenvalue weighted by molar-refractivity contribution is 9.10. The Kier molecular flexibility index (Phi) is 3.19. The van der Waals surface area contributed by atoms with Gasteiger partial charge in [-0.15, -0.1) is 10.2 Å². The van der Waals surface area contributed by atoms with Crippen molar-refractivity contribution in [2.45, 2.75) is 6.92 Å². The number of hydrogen-bond acceptors (Lipinski definition) is 4. The lowest BCUT2D eigenvalue weighted by Crippen LogP contribution is -2.14. The average molecular weight is 332 g/mol. The molecule has 0 atom stereocenters. The SMILES string of the molecule is Cc1c(Br)cccc1C(=O)Nc1cnc2nncn2c1. The molecule has 1 amide bonds. The smallest absolute Gasteiger partial charge is 0.256 e. The molecule has 0 aliphatic carbocycles. The van der Waals surface area contributed by atoms with Crippen molar-refractivity contribution in [1.29, 1.82) is 0 Å². The van der Waals surface area contributed by atoms with Crippen LogP contribution in [0.5, 0.6) is 0 Å². The zero-order valence-corrected chi connectivity index (χ0v) is 12.1. The zero-order valence-electron chi connectivity index (χ0n) is 10.5. The van der Waals surface area contributed by atoms with Gasteiger partial charge < -0.3 is 5.32 Å². The molecule has 0 saturated heterocycles. The van der Waals surface area contributed by atoms with Crippen LogP contribution >= 0.6 is 15.9 Å². The van der Waals surface area contributed by atoms with Crippen LogP contribution in [0.2, 0.25) is 0 Å². The fraction of sp³-hybridized carbons (Fsp3) is 0.0769. The van der Waals surface area contributed by atoms with Crippen LogP contribution in [-0.2, 0) is 0 Å². The van der Waals surface area contributed by atoms with Crippen molar-refractivity contribution < 1.29 is 4.79 Å². The predicted molar refractivity (Wildman–Crippen MR) is 77.6 cm³/mol. The Balaban J connectivity index is 1.90. The second kappa shape index (κ2) is 5.01. The number of nitrogens with one attached hydrogen (secondary N) is 1. The third kappa shape index (κ3) is 2.27. The van der Waals surface area contributed by atoms with E-state index in [2.05, 4.69) is 36.4 Å². The molecular formula is C13H10BrN5O. The number of fused-ring (bicyclic) bond motifs is 1. The van der Waals surface area contributed by atoms with Crippen LogP contribution in [0.25, 0.3) is 5.78 Å². The molecule has 0 aliphatic rings. The maximum absolute atomic E-state index is 12.3. The third-order valence-electron chi connectivity index (χ3n) is 2.92. The monoisotopic (exact) mass is 331 g/mol. The zero-order chi connectivity index (χ0) is 14.1. The molecule has 0 aliphatic heterocycles. The number of benzene rings is 1. The van der Waals surface area contributed by atoms with Crippen LogP contribution in [0, 0.1) is 6.92 Å². The molecule has 0 spiro atoms. The Labute approximate surface area is 123 Å². The second-order valence-electron chi connectivity index (χ2n) is 4.25. The summed E-state index contributed by atoms with van der Waals surface area (Å²) in [6.07, 6.45) is 4.80. The minimum atomic E-state index is -0.182. The number of aromatic nitrogens is 4. The van der Waals surface area contributed by atoms with Gasteiger partial charge in [-0.3, -0.25) is 9.20 Å². The highest BCUT2D eigenvalue weighted by Gasteiger charge is 2.11. The molecular weight excluding hydrogens is 322 g/mol. The molecule has 6 nitrogen and oxygen atoms in total. The topological polar surface area (TPSA) is 72.2 Å². The summed E-state index contributed by atoms with van der Waals surface area (Å²) in [7, 11) is 0. The number of rotatable bonds is 2. The largest absolute Gasteiger partial charge is 0.319 e. The van der Waals surface area contributed by atoms with E-state index in [0.717, 1.165) is 10.0 Å². The van der Waals surface area contributed by atoms with Gasteiger partial charge in [0.2, 0.25) is 0 Å². The molecule has 7 heteroatoms. The number of halogens is 1. The maximum atomic E-state index is 12.3. The fourth-order valence-electron chi connectivity index (χ4n) is 1.85. The van der Waals surface area contributed by atoms with Crippen LogP contribution in [0.1, 0.15) is 15.9 Å². The second-order valence-corrected chi connectivity index (χ2v) is 5.10. The van der Waals surface area contributed by atoms with E-state index in [9.17, 15) is 4.79 Å². The van der Waals surface area contributed by atoms with E-state index < -0.39 is 0 Å². The number of nitrogens with zero attached hydrogens (tertiary/aromatic N) is 4. The van der Waals surface area contributed by atoms with Gasteiger partial charge in [0, 0.05) is 16.2 Å². The van der Waals surface area contributed by atoms with Crippen molar-refractivity contribution in [3.63, 3.8) is 0 Å². The Hall–Kier alpha value is -2.28. The van der Waals surface area contributed by atoms with Gasteiger partial charge in [0.15, 0.2) is 0 Å². The van der Waals surface area contributed by atoms with Crippen molar-refractivity contribution >= 4 is 33.3 Å². The van der Waals surface area contributed by atoms with E-state index in [1.54, 1.807) is 22.9 Å². The van der Waals surface area contributed by atoms with Gasteiger partial charge in [0.25, 0.3) is 11.7 Å². The number of hydrogen-bond donors (Lipinski definition) is 1. The Morgan fingerprint density at radius 3 is 3.10 bits per heavy atom.